The Bertz CT molecular complexity index is 550. The van der Waals surface area contributed by atoms with Crippen molar-refractivity contribution in [1.29, 1.82) is 0 Å². The molecule has 146 valence electrons. The van der Waals surface area contributed by atoms with Crippen molar-refractivity contribution in [3.63, 3.8) is 0 Å². The van der Waals surface area contributed by atoms with Crippen LogP contribution in [0.25, 0.3) is 0 Å². The van der Waals surface area contributed by atoms with Crippen molar-refractivity contribution < 1.29 is 4.79 Å². The maximum atomic E-state index is 11.9. The molecule has 0 saturated heterocycles. The second kappa shape index (κ2) is 12.3. The van der Waals surface area contributed by atoms with E-state index in [4.69, 9.17) is 0 Å². The van der Waals surface area contributed by atoms with E-state index in [-0.39, 0.29) is 5.91 Å². The minimum Gasteiger partial charge on any atom is -0.356 e. The molecule has 2 N–H and O–H groups in total. The number of amides is 1. The summed E-state index contributed by atoms with van der Waals surface area (Å²) in [7, 11) is 5.31. The van der Waals surface area contributed by atoms with Gasteiger partial charge in [-0.1, -0.05) is 51.7 Å². The van der Waals surface area contributed by atoms with Gasteiger partial charge in [-0.2, -0.15) is 0 Å². The van der Waals surface area contributed by atoms with Gasteiger partial charge in [-0.15, -0.1) is 0 Å². The van der Waals surface area contributed by atoms with Gasteiger partial charge >= 0.3 is 0 Å². The average Bonchev–Trinajstić information content (AvgIpc) is 2.62. The Morgan fingerprint density at radius 1 is 1.04 bits per heavy atom. The molecule has 1 aromatic carbocycles. The highest BCUT2D eigenvalue weighted by Crippen LogP contribution is 2.09. The Hall–Kier alpha value is -2.04. The van der Waals surface area contributed by atoms with Gasteiger partial charge in [-0.3, -0.25) is 9.79 Å². The molecular formula is C21H36N4O. The van der Waals surface area contributed by atoms with Crippen LogP contribution >= 0.6 is 0 Å². The first-order chi connectivity index (χ1) is 12.4. The molecule has 0 aliphatic heterocycles. The first-order valence-corrected chi connectivity index (χ1v) is 9.69. The minimum atomic E-state index is 0.0235. The number of hydrogen-bond acceptors (Lipinski definition) is 2. The highest BCUT2D eigenvalue weighted by Gasteiger charge is 2.07. The van der Waals surface area contributed by atoms with Gasteiger partial charge in [0.1, 0.15) is 0 Å². The summed E-state index contributed by atoms with van der Waals surface area (Å²) in [6.07, 6.45) is 6.40. The van der Waals surface area contributed by atoms with Gasteiger partial charge in [0.05, 0.1) is 0 Å². The third-order valence-corrected chi connectivity index (χ3v) is 4.29. The molecule has 5 nitrogen and oxygen atoms in total. The standard InChI is InChI=1S/C21H36N4O/c1-17(2)10-8-6-7-9-15-23-21(22-3)24-16-18-11-13-19(14-12-18)20(26)25(4)5/h11-14,17H,6-10,15-16H2,1-5H3,(H2,22,23,24). The lowest BCUT2D eigenvalue weighted by Gasteiger charge is -2.13. The fourth-order valence-electron chi connectivity index (χ4n) is 2.67. The van der Waals surface area contributed by atoms with Crippen LogP contribution in [0.15, 0.2) is 29.3 Å². The monoisotopic (exact) mass is 360 g/mol. The van der Waals surface area contributed by atoms with E-state index < -0.39 is 0 Å². The zero-order valence-corrected chi connectivity index (χ0v) is 17.1. The topological polar surface area (TPSA) is 56.7 Å². The van der Waals surface area contributed by atoms with E-state index in [1.165, 1.54) is 32.1 Å². The van der Waals surface area contributed by atoms with Crippen LogP contribution in [0.2, 0.25) is 0 Å². The van der Waals surface area contributed by atoms with Crippen molar-refractivity contribution in [3.8, 4) is 0 Å². The van der Waals surface area contributed by atoms with Crippen molar-refractivity contribution in [1.82, 2.24) is 15.5 Å². The lowest BCUT2D eigenvalue weighted by atomic mass is 10.0. The van der Waals surface area contributed by atoms with Crippen molar-refractivity contribution in [3.05, 3.63) is 35.4 Å². The number of rotatable bonds is 10. The number of hydrogen-bond donors (Lipinski definition) is 2. The van der Waals surface area contributed by atoms with Crippen molar-refractivity contribution in [2.24, 2.45) is 10.9 Å². The van der Waals surface area contributed by atoms with Crippen LogP contribution in [0.1, 0.15) is 61.9 Å². The van der Waals surface area contributed by atoms with Gasteiger partial charge in [-0.25, -0.2) is 0 Å². The summed E-state index contributed by atoms with van der Waals surface area (Å²) >= 11 is 0. The zero-order chi connectivity index (χ0) is 19.4. The van der Waals surface area contributed by atoms with Crippen LogP contribution in [0.5, 0.6) is 0 Å². The summed E-state index contributed by atoms with van der Waals surface area (Å²) in [5.74, 6) is 1.65. The molecule has 1 rings (SSSR count). The van der Waals surface area contributed by atoms with Crippen LogP contribution in [0.4, 0.5) is 0 Å². The highest BCUT2D eigenvalue weighted by molar-refractivity contribution is 5.93. The molecule has 0 heterocycles. The molecule has 0 aromatic heterocycles. The van der Waals surface area contributed by atoms with Gasteiger partial charge < -0.3 is 15.5 Å². The van der Waals surface area contributed by atoms with E-state index in [0.29, 0.717) is 12.1 Å². The van der Waals surface area contributed by atoms with Crippen LogP contribution in [-0.4, -0.2) is 44.5 Å². The van der Waals surface area contributed by atoms with Crippen LogP contribution in [0.3, 0.4) is 0 Å². The SMILES string of the molecule is CN=C(NCCCCCCC(C)C)NCc1ccc(C(=O)N(C)C)cc1. The molecule has 0 unspecified atom stereocenters. The van der Waals surface area contributed by atoms with E-state index in [1.54, 1.807) is 26.0 Å². The van der Waals surface area contributed by atoms with Gasteiger partial charge in [0.2, 0.25) is 0 Å². The predicted molar refractivity (Wildman–Crippen MR) is 111 cm³/mol. The summed E-state index contributed by atoms with van der Waals surface area (Å²) < 4.78 is 0. The number of nitrogens with zero attached hydrogens (tertiary/aromatic N) is 2. The number of nitrogens with one attached hydrogen (secondary N) is 2. The summed E-state index contributed by atoms with van der Waals surface area (Å²) in [5, 5.41) is 6.68. The molecule has 0 saturated carbocycles. The van der Waals surface area contributed by atoms with Crippen molar-refractivity contribution in [2.75, 3.05) is 27.7 Å². The van der Waals surface area contributed by atoms with Gasteiger partial charge in [0, 0.05) is 39.8 Å². The van der Waals surface area contributed by atoms with E-state index in [0.717, 1.165) is 24.0 Å². The second-order valence-corrected chi connectivity index (χ2v) is 7.35. The van der Waals surface area contributed by atoms with Gasteiger partial charge in [-0.05, 0) is 30.0 Å². The van der Waals surface area contributed by atoms with Crippen LogP contribution < -0.4 is 10.6 Å². The Morgan fingerprint density at radius 3 is 2.27 bits per heavy atom. The van der Waals surface area contributed by atoms with Crippen LogP contribution in [-0.2, 0) is 6.54 Å². The number of benzene rings is 1. The first kappa shape index (κ1) is 22.0. The maximum Gasteiger partial charge on any atom is 0.253 e. The number of unbranched alkanes of at least 4 members (excludes halogenated alkanes) is 3. The lowest BCUT2D eigenvalue weighted by Crippen LogP contribution is -2.37. The molecule has 0 fully saturated rings. The summed E-state index contributed by atoms with van der Waals surface area (Å²) in [4.78, 5) is 17.7. The van der Waals surface area contributed by atoms with Gasteiger partial charge in [0.15, 0.2) is 5.96 Å². The maximum absolute atomic E-state index is 11.9. The Labute approximate surface area is 159 Å². The molecule has 0 bridgehead atoms. The van der Waals surface area contributed by atoms with Gasteiger partial charge in [0.25, 0.3) is 5.91 Å². The zero-order valence-electron chi connectivity index (χ0n) is 17.1. The molecule has 0 atom stereocenters. The number of aliphatic imine (C=N–C) groups is 1. The Morgan fingerprint density at radius 2 is 1.69 bits per heavy atom. The molecule has 26 heavy (non-hydrogen) atoms. The quantitative estimate of drug-likeness (QED) is 0.380. The summed E-state index contributed by atoms with van der Waals surface area (Å²) in [6.45, 7) is 6.19. The molecule has 0 spiro atoms. The third kappa shape index (κ3) is 8.88. The van der Waals surface area contributed by atoms with E-state index in [1.807, 2.05) is 24.3 Å². The average molecular weight is 361 g/mol. The first-order valence-electron chi connectivity index (χ1n) is 9.69. The lowest BCUT2D eigenvalue weighted by molar-refractivity contribution is 0.0827. The van der Waals surface area contributed by atoms with E-state index >= 15 is 0 Å². The Balaban J connectivity index is 2.26. The fraction of sp³-hybridized carbons (Fsp3) is 0.619. The molecule has 1 aromatic rings. The number of carbonyl (C=O) groups is 1. The predicted octanol–water partition coefficient (Wildman–Crippen LogP) is 3.66. The highest BCUT2D eigenvalue weighted by atomic mass is 16.2. The molecular weight excluding hydrogens is 324 g/mol. The Kier molecular flexibility index (Phi) is 10.4. The van der Waals surface area contributed by atoms with Crippen molar-refractivity contribution in [2.45, 2.75) is 52.5 Å². The molecule has 0 aliphatic rings. The van der Waals surface area contributed by atoms with Crippen LogP contribution in [0, 0.1) is 5.92 Å². The molecule has 1 amide bonds. The van der Waals surface area contributed by atoms with Crippen molar-refractivity contribution >= 4 is 11.9 Å². The van der Waals surface area contributed by atoms with E-state index in [2.05, 4.69) is 29.5 Å². The summed E-state index contributed by atoms with van der Waals surface area (Å²) in [6, 6.07) is 7.69. The minimum absolute atomic E-state index is 0.0235. The third-order valence-electron chi connectivity index (χ3n) is 4.29. The number of guanidine groups is 1. The molecule has 5 heteroatoms. The normalized spacial score (nSPS) is 11.5. The summed E-state index contributed by atoms with van der Waals surface area (Å²) in [5.41, 5.74) is 1.83. The number of carbonyl (C=O) groups excluding carboxylic acids is 1. The fourth-order valence-corrected chi connectivity index (χ4v) is 2.67. The molecule has 0 aliphatic carbocycles. The van der Waals surface area contributed by atoms with E-state index in [9.17, 15) is 4.79 Å². The smallest absolute Gasteiger partial charge is 0.253 e. The molecule has 0 radical (unpaired) electrons. The second-order valence-electron chi connectivity index (χ2n) is 7.35. The largest absolute Gasteiger partial charge is 0.356 e.